The Bertz CT molecular complexity index is 1180. The number of anilines is 1. The third-order valence-electron chi connectivity index (χ3n) is 4.26. The highest BCUT2D eigenvalue weighted by Gasteiger charge is 2.12. The fraction of sp³-hybridized carbons (Fsp3) is 0.0870. The molecule has 0 aromatic heterocycles. The molecule has 164 valence electrons. The molecule has 32 heavy (non-hydrogen) atoms. The molecule has 3 rings (SSSR count). The second-order valence-corrected chi connectivity index (χ2v) is 7.45. The Morgan fingerprint density at radius 1 is 1.03 bits per heavy atom. The predicted molar refractivity (Wildman–Crippen MR) is 123 cm³/mol. The molecule has 0 aliphatic heterocycles. The quantitative estimate of drug-likeness (QED) is 0.360. The van der Waals surface area contributed by atoms with Crippen molar-refractivity contribution in [3.63, 3.8) is 0 Å². The van der Waals surface area contributed by atoms with Gasteiger partial charge in [0.15, 0.2) is 6.61 Å². The van der Waals surface area contributed by atoms with Gasteiger partial charge in [0.05, 0.1) is 16.3 Å². The van der Waals surface area contributed by atoms with Gasteiger partial charge < -0.3 is 10.1 Å². The Hall–Kier alpha value is -3.42. The molecule has 0 aliphatic carbocycles. The number of carbonyl (C=O) groups excluding carboxylic acids is 2. The fourth-order valence-electron chi connectivity index (χ4n) is 2.64. The van der Waals surface area contributed by atoms with Gasteiger partial charge in [0.1, 0.15) is 11.6 Å². The number of benzene rings is 3. The zero-order valence-corrected chi connectivity index (χ0v) is 18.4. The Morgan fingerprint density at radius 3 is 2.56 bits per heavy atom. The van der Waals surface area contributed by atoms with Crippen molar-refractivity contribution in [3.8, 4) is 5.75 Å². The average molecular weight is 474 g/mol. The van der Waals surface area contributed by atoms with E-state index in [1.165, 1.54) is 24.3 Å². The first kappa shape index (κ1) is 23.2. The van der Waals surface area contributed by atoms with Crippen LogP contribution in [0.15, 0.2) is 71.8 Å². The van der Waals surface area contributed by atoms with Gasteiger partial charge in [-0.2, -0.15) is 5.10 Å². The lowest BCUT2D eigenvalue weighted by molar-refractivity contribution is -0.123. The second kappa shape index (κ2) is 10.7. The van der Waals surface area contributed by atoms with Crippen LogP contribution in [0.3, 0.4) is 0 Å². The molecule has 0 saturated heterocycles. The molecule has 0 atom stereocenters. The standard InChI is InChI=1S/C23H18Cl2FN3O3/c1-14(28-29-22(30)13-32-21-10-9-16(24)12-19(21)25)15-5-4-6-17(11-15)27-23(31)18-7-2-3-8-20(18)26/h2-12H,13H2,1H3,(H,27,31)(H,29,30). The van der Waals surface area contributed by atoms with E-state index in [4.69, 9.17) is 27.9 Å². The number of amides is 2. The van der Waals surface area contributed by atoms with Gasteiger partial charge in [-0.25, -0.2) is 9.82 Å². The van der Waals surface area contributed by atoms with Gasteiger partial charge in [0, 0.05) is 10.7 Å². The first-order valence-electron chi connectivity index (χ1n) is 9.41. The molecule has 0 heterocycles. The van der Waals surface area contributed by atoms with Crippen molar-refractivity contribution in [2.24, 2.45) is 5.10 Å². The van der Waals surface area contributed by atoms with Crippen molar-refractivity contribution < 1.29 is 18.7 Å². The normalized spacial score (nSPS) is 11.1. The van der Waals surface area contributed by atoms with E-state index in [9.17, 15) is 14.0 Å². The van der Waals surface area contributed by atoms with Crippen LogP contribution >= 0.6 is 23.2 Å². The molecule has 0 unspecified atom stereocenters. The highest BCUT2D eigenvalue weighted by atomic mass is 35.5. The number of rotatable bonds is 7. The van der Waals surface area contributed by atoms with E-state index in [2.05, 4.69) is 15.8 Å². The molecule has 0 spiro atoms. The molecule has 3 aromatic rings. The van der Waals surface area contributed by atoms with Gasteiger partial charge in [-0.05, 0) is 55.0 Å². The summed E-state index contributed by atoms with van der Waals surface area (Å²) >= 11 is 11.8. The van der Waals surface area contributed by atoms with Crippen LogP contribution in [0.5, 0.6) is 5.75 Å². The molecule has 0 saturated carbocycles. The zero-order valence-electron chi connectivity index (χ0n) is 16.9. The molecule has 0 aliphatic rings. The first-order valence-corrected chi connectivity index (χ1v) is 10.2. The molecule has 0 fully saturated rings. The lowest BCUT2D eigenvalue weighted by Crippen LogP contribution is -2.25. The highest BCUT2D eigenvalue weighted by molar-refractivity contribution is 6.35. The SMILES string of the molecule is CC(=NNC(=O)COc1ccc(Cl)cc1Cl)c1cccc(NC(=O)c2ccccc2F)c1. The van der Waals surface area contributed by atoms with Gasteiger partial charge in [0.2, 0.25) is 0 Å². The number of hydrogen-bond acceptors (Lipinski definition) is 4. The van der Waals surface area contributed by atoms with E-state index in [1.807, 2.05) is 0 Å². The van der Waals surface area contributed by atoms with Gasteiger partial charge >= 0.3 is 0 Å². The molecule has 3 aromatic carbocycles. The van der Waals surface area contributed by atoms with Crippen molar-refractivity contribution >= 4 is 46.4 Å². The molecular weight excluding hydrogens is 456 g/mol. The molecule has 2 amide bonds. The summed E-state index contributed by atoms with van der Waals surface area (Å²) < 4.78 is 19.1. The van der Waals surface area contributed by atoms with Crippen LogP contribution in [-0.4, -0.2) is 24.1 Å². The Kier molecular flexibility index (Phi) is 7.81. The lowest BCUT2D eigenvalue weighted by Gasteiger charge is -2.09. The fourth-order valence-corrected chi connectivity index (χ4v) is 3.11. The molecule has 9 heteroatoms. The maximum atomic E-state index is 13.8. The molecule has 2 N–H and O–H groups in total. The van der Waals surface area contributed by atoms with E-state index in [0.717, 1.165) is 0 Å². The first-order chi connectivity index (χ1) is 15.3. The maximum absolute atomic E-state index is 13.8. The number of hydrogen-bond donors (Lipinski definition) is 2. The number of halogens is 3. The van der Waals surface area contributed by atoms with Crippen LogP contribution in [0.1, 0.15) is 22.8 Å². The van der Waals surface area contributed by atoms with Crippen LogP contribution < -0.4 is 15.5 Å². The Balaban J connectivity index is 1.59. The van der Waals surface area contributed by atoms with E-state index < -0.39 is 17.6 Å². The van der Waals surface area contributed by atoms with Gasteiger partial charge in [-0.1, -0.05) is 47.5 Å². The minimum atomic E-state index is -0.608. The highest BCUT2D eigenvalue weighted by Crippen LogP contribution is 2.27. The Morgan fingerprint density at radius 2 is 1.81 bits per heavy atom. The predicted octanol–water partition coefficient (Wildman–Crippen LogP) is 5.30. The topological polar surface area (TPSA) is 79.8 Å². The number of nitrogens with zero attached hydrogens (tertiary/aromatic N) is 1. The third-order valence-corrected chi connectivity index (χ3v) is 4.79. The average Bonchev–Trinajstić information content (AvgIpc) is 2.77. The van der Waals surface area contributed by atoms with Crippen LogP contribution in [-0.2, 0) is 4.79 Å². The molecule has 0 bridgehead atoms. The molecule has 6 nitrogen and oxygen atoms in total. The summed E-state index contributed by atoms with van der Waals surface area (Å²) in [5.41, 5.74) is 3.93. The summed E-state index contributed by atoms with van der Waals surface area (Å²) in [6.45, 7) is 1.39. The Labute approximate surface area is 194 Å². The summed E-state index contributed by atoms with van der Waals surface area (Å²) in [5.74, 6) is -1.34. The van der Waals surface area contributed by atoms with Crippen LogP contribution in [0.2, 0.25) is 10.0 Å². The van der Waals surface area contributed by atoms with Crippen molar-refractivity contribution in [2.75, 3.05) is 11.9 Å². The number of hydrazone groups is 1. The summed E-state index contributed by atoms with van der Waals surface area (Å²) in [4.78, 5) is 24.3. The minimum Gasteiger partial charge on any atom is -0.482 e. The lowest BCUT2D eigenvalue weighted by atomic mass is 10.1. The summed E-state index contributed by atoms with van der Waals surface area (Å²) in [6, 6.07) is 17.2. The molecular formula is C23H18Cl2FN3O3. The monoisotopic (exact) mass is 473 g/mol. The van der Waals surface area contributed by atoms with Crippen LogP contribution in [0, 0.1) is 5.82 Å². The number of carbonyl (C=O) groups is 2. The van der Waals surface area contributed by atoms with E-state index in [1.54, 1.807) is 49.4 Å². The summed E-state index contributed by atoms with van der Waals surface area (Å²) in [5, 5.41) is 7.44. The van der Waals surface area contributed by atoms with E-state index in [0.29, 0.717) is 32.8 Å². The summed E-state index contributed by atoms with van der Waals surface area (Å²) in [7, 11) is 0. The van der Waals surface area contributed by atoms with Crippen molar-refractivity contribution in [1.82, 2.24) is 5.43 Å². The summed E-state index contributed by atoms with van der Waals surface area (Å²) in [6.07, 6.45) is 0. The van der Waals surface area contributed by atoms with Crippen molar-refractivity contribution in [3.05, 3.63) is 93.7 Å². The number of nitrogens with one attached hydrogen (secondary N) is 2. The smallest absolute Gasteiger partial charge is 0.277 e. The van der Waals surface area contributed by atoms with E-state index >= 15 is 0 Å². The van der Waals surface area contributed by atoms with E-state index in [-0.39, 0.29) is 12.2 Å². The third kappa shape index (κ3) is 6.29. The van der Waals surface area contributed by atoms with Crippen molar-refractivity contribution in [1.29, 1.82) is 0 Å². The maximum Gasteiger partial charge on any atom is 0.277 e. The largest absolute Gasteiger partial charge is 0.482 e. The van der Waals surface area contributed by atoms with Crippen LogP contribution in [0.25, 0.3) is 0 Å². The number of ether oxygens (including phenoxy) is 1. The van der Waals surface area contributed by atoms with Gasteiger partial charge in [0.25, 0.3) is 11.8 Å². The minimum absolute atomic E-state index is 0.0589. The van der Waals surface area contributed by atoms with Crippen molar-refractivity contribution in [2.45, 2.75) is 6.92 Å². The van der Waals surface area contributed by atoms with Crippen LogP contribution in [0.4, 0.5) is 10.1 Å². The van der Waals surface area contributed by atoms with Gasteiger partial charge in [-0.15, -0.1) is 0 Å². The zero-order chi connectivity index (χ0) is 23.1. The van der Waals surface area contributed by atoms with Gasteiger partial charge in [-0.3, -0.25) is 9.59 Å². The molecule has 0 radical (unpaired) electrons. The second-order valence-electron chi connectivity index (χ2n) is 6.61.